The number of aromatic nitrogens is 2. The monoisotopic (exact) mass is 238 g/mol. The SMILES string of the molecule is CC.CCOc1cc(C(F)(F)F)nn1CC. The van der Waals surface area contributed by atoms with Crippen molar-refractivity contribution in [2.24, 2.45) is 0 Å². The molecule has 0 aromatic carbocycles. The van der Waals surface area contributed by atoms with Gasteiger partial charge in [-0.3, -0.25) is 0 Å². The van der Waals surface area contributed by atoms with Crippen LogP contribution in [0, 0.1) is 0 Å². The Hall–Kier alpha value is -1.20. The Bertz CT molecular complexity index is 308. The van der Waals surface area contributed by atoms with Gasteiger partial charge in [0.2, 0.25) is 5.88 Å². The van der Waals surface area contributed by atoms with E-state index in [4.69, 9.17) is 4.74 Å². The lowest BCUT2D eigenvalue weighted by Gasteiger charge is -2.03. The van der Waals surface area contributed by atoms with Crippen molar-refractivity contribution in [2.75, 3.05) is 6.61 Å². The van der Waals surface area contributed by atoms with E-state index in [0.29, 0.717) is 13.2 Å². The first-order valence-corrected chi connectivity index (χ1v) is 5.26. The Morgan fingerprint density at radius 1 is 1.31 bits per heavy atom. The Kier molecular flexibility index (Phi) is 5.92. The lowest BCUT2D eigenvalue weighted by Crippen LogP contribution is -2.07. The van der Waals surface area contributed by atoms with Crippen LogP contribution in [0.1, 0.15) is 33.4 Å². The minimum atomic E-state index is -4.41. The van der Waals surface area contributed by atoms with Crippen LogP contribution in [0.15, 0.2) is 6.07 Å². The number of rotatable bonds is 3. The van der Waals surface area contributed by atoms with Crippen LogP contribution in [0.3, 0.4) is 0 Å². The molecule has 0 fully saturated rings. The highest BCUT2D eigenvalue weighted by atomic mass is 19.4. The van der Waals surface area contributed by atoms with E-state index in [0.717, 1.165) is 6.07 Å². The van der Waals surface area contributed by atoms with E-state index in [1.54, 1.807) is 13.8 Å². The summed E-state index contributed by atoms with van der Waals surface area (Å²) in [5, 5.41) is 3.39. The second-order valence-corrected chi connectivity index (χ2v) is 2.61. The standard InChI is InChI=1S/C8H11F3N2O.C2H6/c1-3-13-7(14-4-2)5-6(12-13)8(9,10)11;1-2/h5H,3-4H2,1-2H3;1-2H3. The summed E-state index contributed by atoms with van der Waals surface area (Å²) in [7, 11) is 0. The number of ether oxygens (including phenoxy) is 1. The van der Waals surface area contributed by atoms with Crippen molar-refractivity contribution in [3.05, 3.63) is 11.8 Å². The minimum Gasteiger partial charge on any atom is -0.478 e. The van der Waals surface area contributed by atoms with E-state index in [1.807, 2.05) is 13.8 Å². The van der Waals surface area contributed by atoms with Crippen LogP contribution in [0.5, 0.6) is 5.88 Å². The molecule has 0 aliphatic heterocycles. The van der Waals surface area contributed by atoms with Crippen molar-refractivity contribution < 1.29 is 17.9 Å². The number of nitrogens with zero attached hydrogens (tertiary/aromatic N) is 2. The van der Waals surface area contributed by atoms with Crippen molar-refractivity contribution in [1.82, 2.24) is 9.78 Å². The van der Waals surface area contributed by atoms with Crippen molar-refractivity contribution in [2.45, 2.75) is 40.4 Å². The summed E-state index contributed by atoms with van der Waals surface area (Å²) in [5.74, 6) is 0.155. The number of hydrogen-bond acceptors (Lipinski definition) is 2. The molecule has 0 atom stereocenters. The quantitative estimate of drug-likeness (QED) is 0.807. The molecule has 0 saturated heterocycles. The molecule has 0 radical (unpaired) electrons. The van der Waals surface area contributed by atoms with E-state index in [2.05, 4.69) is 5.10 Å². The lowest BCUT2D eigenvalue weighted by molar-refractivity contribution is -0.141. The van der Waals surface area contributed by atoms with Crippen molar-refractivity contribution >= 4 is 0 Å². The van der Waals surface area contributed by atoms with E-state index in [-0.39, 0.29) is 5.88 Å². The molecule has 0 aliphatic rings. The fourth-order valence-corrected chi connectivity index (χ4v) is 1.03. The third kappa shape index (κ3) is 3.75. The number of hydrogen-bond donors (Lipinski definition) is 0. The average molecular weight is 238 g/mol. The average Bonchev–Trinajstić information content (AvgIpc) is 2.64. The largest absolute Gasteiger partial charge is 0.478 e. The van der Waals surface area contributed by atoms with Gasteiger partial charge in [0.1, 0.15) is 0 Å². The van der Waals surface area contributed by atoms with Gasteiger partial charge in [-0.15, -0.1) is 0 Å². The molecule has 1 heterocycles. The van der Waals surface area contributed by atoms with Crippen LogP contribution >= 0.6 is 0 Å². The fourth-order valence-electron chi connectivity index (χ4n) is 1.03. The van der Waals surface area contributed by atoms with Gasteiger partial charge in [0, 0.05) is 12.6 Å². The van der Waals surface area contributed by atoms with E-state index < -0.39 is 11.9 Å². The second kappa shape index (κ2) is 6.40. The van der Waals surface area contributed by atoms with E-state index >= 15 is 0 Å². The Balaban J connectivity index is 0.00000106. The minimum absolute atomic E-state index is 0.155. The third-order valence-corrected chi connectivity index (χ3v) is 1.63. The molecule has 6 heteroatoms. The Morgan fingerprint density at radius 3 is 2.25 bits per heavy atom. The number of alkyl halides is 3. The van der Waals surface area contributed by atoms with Crippen LogP contribution in [0.4, 0.5) is 13.2 Å². The number of halogens is 3. The summed E-state index contributed by atoms with van der Waals surface area (Å²) in [5.41, 5.74) is -0.914. The topological polar surface area (TPSA) is 27.1 Å². The van der Waals surface area contributed by atoms with Gasteiger partial charge in [0.05, 0.1) is 6.61 Å². The van der Waals surface area contributed by atoms with Gasteiger partial charge in [-0.1, -0.05) is 13.8 Å². The number of aryl methyl sites for hydroxylation is 1. The Labute approximate surface area is 93.2 Å². The summed E-state index contributed by atoms with van der Waals surface area (Å²) in [6.07, 6.45) is -4.41. The second-order valence-electron chi connectivity index (χ2n) is 2.61. The first-order valence-electron chi connectivity index (χ1n) is 5.26. The maximum absolute atomic E-state index is 12.2. The molecule has 94 valence electrons. The van der Waals surface area contributed by atoms with Crippen LogP contribution in [0.2, 0.25) is 0 Å². The van der Waals surface area contributed by atoms with Gasteiger partial charge in [-0.05, 0) is 13.8 Å². The molecule has 0 N–H and O–H groups in total. The highest BCUT2D eigenvalue weighted by molar-refractivity contribution is 5.18. The molecular formula is C10H17F3N2O. The van der Waals surface area contributed by atoms with Crippen molar-refractivity contribution in [3.8, 4) is 5.88 Å². The van der Waals surface area contributed by atoms with E-state index in [1.165, 1.54) is 4.68 Å². The molecule has 0 spiro atoms. The molecule has 1 aromatic heterocycles. The van der Waals surface area contributed by atoms with Gasteiger partial charge >= 0.3 is 6.18 Å². The zero-order valence-electron chi connectivity index (χ0n) is 9.93. The molecule has 0 bridgehead atoms. The van der Waals surface area contributed by atoms with Gasteiger partial charge in [-0.25, -0.2) is 4.68 Å². The van der Waals surface area contributed by atoms with Crippen LogP contribution in [0.25, 0.3) is 0 Å². The summed E-state index contributed by atoms with van der Waals surface area (Å²) in [6.45, 7) is 8.09. The lowest BCUT2D eigenvalue weighted by atomic mass is 10.4. The molecule has 3 nitrogen and oxygen atoms in total. The molecule has 1 aromatic rings. The highest BCUT2D eigenvalue weighted by Crippen LogP contribution is 2.30. The molecule has 0 aliphatic carbocycles. The molecule has 0 unspecified atom stereocenters. The first kappa shape index (κ1) is 14.8. The van der Waals surface area contributed by atoms with Crippen LogP contribution in [-0.4, -0.2) is 16.4 Å². The van der Waals surface area contributed by atoms with Gasteiger partial charge in [0.25, 0.3) is 0 Å². The van der Waals surface area contributed by atoms with Crippen LogP contribution < -0.4 is 4.74 Å². The zero-order chi connectivity index (χ0) is 12.8. The predicted octanol–water partition coefficient (Wildman–Crippen LogP) is 3.35. The molecule has 0 amide bonds. The molecular weight excluding hydrogens is 221 g/mol. The smallest absolute Gasteiger partial charge is 0.435 e. The van der Waals surface area contributed by atoms with Crippen molar-refractivity contribution in [3.63, 3.8) is 0 Å². The molecule has 0 saturated carbocycles. The molecule has 1 rings (SSSR count). The van der Waals surface area contributed by atoms with Gasteiger partial charge in [0.15, 0.2) is 5.69 Å². The van der Waals surface area contributed by atoms with Gasteiger partial charge < -0.3 is 4.74 Å². The Morgan fingerprint density at radius 2 is 1.88 bits per heavy atom. The van der Waals surface area contributed by atoms with Gasteiger partial charge in [-0.2, -0.15) is 18.3 Å². The fraction of sp³-hybridized carbons (Fsp3) is 0.700. The highest BCUT2D eigenvalue weighted by Gasteiger charge is 2.35. The predicted molar refractivity (Wildman–Crippen MR) is 55.4 cm³/mol. The van der Waals surface area contributed by atoms with E-state index in [9.17, 15) is 13.2 Å². The summed E-state index contributed by atoms with van der Waals surface area (Å²) in [4.78, 5) is 0. The third-order valence-electron chi connectivity index (χ3n) is 1.63. The normalized spacial score (nSPS) is 10.7. The zero-order valence-corrected chi connectivity index (χ0v) is 9.93. The summed E-state index contributed by atoms with van der Waals surface area (Å²) >= 11 is 0. The molecule has 16 heavy (non-hydrogen) atoms. The first-order chi connectivity index (χ1) is 7.49. The van der Waals surface area contributed by atoms with Crippen molar-refractivity contribution in [1.29, 1.82) is 0 Å². The summed E-state index contributed by atoms with van der Waals surface area (Å²) < 4.78 is 42.9. The summed E-state index contributed by atoms with van der Waals surface area (Å²) in [6, 6.07) is 0.910. The maximum Gasteiger partial charge on any atom is 0.435 e. The van der Waals surface area contributed by atoms with Crippen LogP contribution in [-0.2, 0) is 12.7 Å². The maximum atomic E-state index is 12.2.